The van der Waals surface area contributed by atoms with Crippen molar-refractivity contribution in [3.63, 3.8) is 0 Å². The van der Waals surface area contributed by atoms with Crippen LogP contribution in [0.2, 0.25) is 0 Å². The highest BCUT2D eigenvalue weighted by Gasteiger charge is 2.20. The van der Waals surface area contributed by atoms with E-state index in [0.717, 1.165) is 31.2 Å². The molecule has 1 N–H and O–H groups in total. The van der Waals surface area contributed by atoms with Gasteiger partial charge in [0.05, 0.1) is 0 Å². The number of hydrogen-bond acceptors (Lipinski definition) is 3. The van der Waals surface area contributed by atoms with E-state index in [-0.39, 0.29) is 0 Å². The topological polar surface area (TPSA) is 26.7 Å². The van der Waals surface area contributed by atoms with E-state index >= 15 is 0 Å². The van der Waals surface area contributed by atoms with Crippen LogP contribution in [0, 0.1) is 0 Å². The van der Waals surface area contributed by atoms with Crippen LogP contribution in [0.15, 0.2) is 24.3 Å². The Bertz CT molecular complexity index is 357. The highest BCUT2D eigenvalue weighted by atomic mass is 16.3. The van der Waals surface area contributed by atoms with E-state index in [0.29, 0.717) is 5.75 Å². The van der Waals surface area contributed by atoms with E-state index in [9.17, 15) is 5.11 Å². The summed E-state index contributed by atoms with van der Waals surface area (Å²) in [5.41, 5.74) is 1.04. The minimum atomic E-state index is 0.419. The molecule has 17 heavy (non-hydrogen) atoms. The molecule has 0 aliphatic carbocycles. The van der Waals surface area contributed by atoms with Gasteiger partial charge in [-0.05, 0) is 46.1 Å². The minimum absolute atomic E-state index is 0.419. The summed E-state index contributed by atoms with van der Waals surface area (Å²) in [5, 5.41) is 9.75. The molecule has 1 aliphatic rings. The second-order valence-electron chi connectivity index (χ2n) is 5.10. The quantitative estimate of drug-likeness (QED) is 0.865. The van der Waals surface area contributed by atoms with Crippen molar-refractivity contribution >= 4 is 0 Å². The van der Waals surface area contributed by atoms with Crippen molar-refractivity contribution in [2.24, 2.45) is 0 Å². The van der Waals surface area contributed by atoms with Gasteiger partial charge in [0, 0.05) is 18.2 Å². The van der Waals surface area contributed by atoms with Gasteiger partial charge in [-0.3, -0.25) is 4.90 Å². The molecule has 1 aromatic rings. The Morgan fingerprint density at radius 1 is 1.24 bits per heavy atom. The van der Waals surface area contributed by atoms with Crippen molar-refractivity contribution in [3.05, 3.63) is 29.8 Å². The molecule has 0 atom stereocenters. The molecule has 0 saturated carbocycles. The third-order valence-electron chi connectivity index (χ3n) is 3.67. The van der Waals surface area contributed by atoms with E-state index in [1.807, 2.05) is 18.2 Å². The van der Waals surface area contributed by atoms with Gasteiger partial charge in [0.2, 0.25) is 0 Å². The predicted molar refractivity (Wildman–Crippen MR) is 70.1 cm³/mol. The molecule has 0 radical (unpaired) electrons. The third kappa shape index (κ3) is 3.20. The van der Waals surface area contributed by atoms with Crippen molar-refractivity contribution in [1.29, 1.82) is 0 Å². The minimum Gasteiger partial charge on any atom is -0.508 e. The summed E-state index contributed by atoms with van der Waals surface area (Å²) in [4.78, 5) is 4.74. The Morgan fingerprint density at radius 3 is 2.47 bits per heavy atom. The van der Waals surface area contributed by atoms with Crippen LogP contribution in [0.5, 0.6) is 5.75 Å². The number of aromatic hydroxyl groups is 1. The third-order valence-corrected chi connectivity index (χ3v) is 3.67. The first-order chi connectivity index (χ1) is 8.16. The van der Waals surface area contributed by atoms with Crippen molar-refractivity contribution in [3.8, 4) is 5.75 Å². The van der Waals surface area contributed by atoms with Gasteiger partial charge in [0.1, 0.15) is 5.75 Å². The summed E-state index contributed by atoms with van der Waals surface area (Å²) in [7, 11) is 4.31. The van der Waals surface area contributed by atoms with Crippen LogP contribution in [-0.4, -0.2) is 48.1 Å². The standard InChI is InChI=1S/C14H22N2O/c1-15(2)13-7-9-16(10-8-13)11-12-5-3-4-6-14(12)17/h3-6,13,17H,7-11H2,1-2H3. The maximum atomic E-state index is 9.75. The Kier molecular flexibility index (Phi) is 4.02. The number of hydrogen-bond donors (Lipinski definition) is 1. The summed E-state index contributed by atoms with van der Waals surface area (Å²) in [6, 6.07) is 8.35. The first-order valence-electron chi connectivity index (χ1n) is 6.32. The zero-order chi connectivity index (χ0) is 12.3. The molecule has 2 rings (SSSR count). The molecule has 0 unspecified atom stereocenters. The van der Waals surface area contributed by atoms with Crippen LogP contribution >= 0.6 is 0 Å². The number of nitrogens with zero attached hydrogens (tertiary/aromatic N) is 2. The van der Waals surface area contributed by atoms with Crippen LogP contribution in [0.3, 0.4) is 0 Å². The van der Waals surface area contributed by atoms with Crippen LogP contribution in [0.4, 0.5) is 0 Å². The summed E-state index contributed by atoms with van der Waals surface area (Å²) >= 11 is 0. The monoisotopic (exact) mass is 234 g/mol. The number of para-hydroxylation sites is 1. The van der Waals surface area contributed by atoms with Crippen LogP contribution in [-0.2, 0) is 6.54 Å². The van der Waals surface area contributed by atoms with Gasteiger partial charge in [-0.15, -0.1) is 0 Å². The molecule has 3 heteroatoms. The molecule has 1 saturated heterocycles. The average Bonchev–Trinajstić information content (AvgIpc) is 2.33. The Balaban J connectivity index is 1.88. The average molecular weight is 234 g/mol. The number of rotatable bonds is 3. The lowest BCUT2D eigenvalue weighted by molar-refractivity contribution is 0.139. The fourth-order valence-electron chi connectivity index (χ4n) is 2.48. The number of likely N-dealkylation sites (tertiary alicyclic amines) is 1. The number of phenols is 1. The summed E-state index contributed by atoms with van der Waals surface area (Å²) < 4.78 is 0. The maximum absolute atomic E-state index is 9.75. The molecule has 1 aliphatic heterocycles. The van der Waals surface area contributed by atoms with Gasteiger partial charge >= 0.3 is 0 Å². The molecule has 0 bridgehead atoms. The van der Waals surface area contributed by atoms with Crippen molar-refractivity contribution < 1.29 is 5.11 Å². The highest BCUT2D eigenvalue weighted by molar-refractivity contribution is 5.31. The van der Waals surface area contributed by atoms with Crippen LogP contribution in [0.25, 0.3) is 0 Å². The second-order valence-corrected chi connectivity index (χ2v) is 5.10. The normalized spacial score (nSPS) is 18.8. The van der Waals surface area contributed by atoms with Crippen molar-refractivity contribution in [2.75, 3.05) is 27.2 Å². The number of benzene rings is 1. The Hall–Kier alpha value is -1.06. The SMILES string of the molecule is CN(C)C1CCN(Cc2ccccc2O)CC1. The molecular weight excluding hydrogens is 212 g/mol. The highest BCUT2D eigenvalue weighted by Crippen LogP contribution is 2.21. The molecule has 0 aromatic heterocycles. The fourth-order valence-corrected chi connectivity index (χ4v) is 2.48. The van der Waals surface area contributed by atoms with Crippen LogP contribution < -0.4 is 0 Å². The predicted octanol–water partition coefficient (Wildman–Crippen LogP) is 1.92. The van der Waals surface area contributed by atoms with Gasteiger partial charge in [-0.1, -0.05) is 18.2 Å². The molecule has 1 fully saturated rings. The lowest BCUT2D eigenvalue weighted by atomic mass is 10.0. The van der Waals surface area contributed by atoms with Gasteiger partial charge in [-0.25, -0.2) is 0 Å². The smallest absolute Gasteiger partial charge is 0.120 e. The molecular formula is C14H22N2O. The zero-order valence-electron chi connectivity index (χ0n) is 10.8. The molecule has 1 aromatic carbocycles. The lowest BCUT2D eigenvalue weighted by Gasteiger charge is -2.35. The molecule has 1 heterocycles. The lowest BCUT2D eigenvalue weighted by Crippen LogP contribution is -2.41. The Morgan fingerprint density at radius 2 is 1.88 bits per heavy atom. The van der Waals surface area contributed by atoms with E-state index in [1.165, 1.54) is 12.8 Å². The first kappa shape index (κ1) is 12.4. The molecule has 0 amide bonds. The fraction of sp³-hybridized carbons (Fsp3) is 0.571. The molecule has 94 valence electrons. The summed E-state index contributed by atoms with van der Waals surface area (Å²) in [5.74, 6) is 0.419. The van der Waals surface area contributed by atoms with Gasteiger partial charge < -0.3 is 10.0 Å². The van der Waals surface area contributed by atoms with Crippen molar-refractivity contribution in [2.45, 2.75) is 25.4 Å². The summed E-state index contributed by atoms with van der Waals surface area (Å²) in [6.45, 7) is 3.11. The maximum Gasteiger partial charge on any atom is 0.120 e. The summed E-state index contributed by atoms with van der Waals surface area (Å²) in [6.07, 6.45) is 2.45. The molecule has 0 spiro atoms. The number of phenolic OH excluding ortho intramolecular Hbond substituents is 1. The second kappa shape index (κ2) is 5.52. The zero-order valence-corrected chi connectivity index (χ0v) is 10.8. The van der Waals surface area contributed by atoms with Crippen LogP contribution in [0.1, 0.15) is 18.4 Å². The van der Waals surface area contributed by atoms with Gasteiger partial charge in [0.25, 0.3) is 0 Å². The van der Waals surface area contributed by atoms with E-state index in [2.05, 4.69) is 23.9 Å². The van der Waals surface area contributed by atoms with Gasteiger partial charge in [0.15, 0.2) is 0 Å². The first-order valence-corrected chi connectivity index (χ1v) is 6.32. The van der Waals surface area contributed by atoms with E-state index in [1.54, 1.807) is 6.07 Å². The number of piperidine rings is 1. The largest absolute Gasteiger partial charge is 0.508 e. The Labute approximate surface area is 104 Å². The van der Waals surface area contributed by atoms with Crippen molar-refractivity contribution in [1.82, 2.24) is 9.80 Å². The molecule has 3 nitrogen and oxygen atoms in total. The van der Waals surface area contributed by atoms with Gasteiger partial charge in [-0.2, -0.15) is 0 Å². The van der Waals surface area contributed by atoms with E-state index in [4.69, 9.17) is 0 Å². The van der Waals surface area contributed by atoms with E-state index < -0.39 is 0 Å².